The zero-order chi connectivity index (χ0) is 12.1. The molecule has 0 radical (unpaired) electrons. The summed E-state index contributed by atoms with van der Waals surface area (Å²) >= 11 is 11.6. The molecule has 0 saturated heterocycles. The van der Waals surface area contributed by atoms with Crippen molar-refractivity contribution in [2.24, 2.45) is 5.92 Å². The van der Waals surface area contributed by atoms with E-state index in [4.69, 9.17) is 28.3 Å². The van der Waals surface area contributed by atoms with Gasteiger partial charge >= 0.3 is 0 Å². The highest BCUT2D eigenvalue weighted by Gasteiger charge is 2.15. The van der Waals surface area contributed by atoms with Crippen molar-refractivity contribution in [2.45, 2.75) is 13.3 Å². The van der Waals surface area contributed by atoms with E-state index in [-0.39, 0.29) is 12.5 Å². The molecule has 0 aliphatic rings. The van der Waals surface area contributed by atoms with Crippen LogP contribution >= 0.6 is 23.2 Å². The molecule has 0 aliphatic heterocycles. The predicted octanol–water partition coefficient (Wildman–Crippen LogP) is 2.95. The van der Waals surface area contributed by atoms with E-state index < -0.39 is 5.92 Å². The van der Waals surface area contributed by atoms with Crippen LogP contribution in [-0.2, 0) is 4.79 Å². The molecule has 1 atom stereocenters. The number of nitrogens with one attached hydrogen (secondary N) is 1. The minimum absolute atomic E-state index is 0.163. The average Bonchev–Trinajstić information content (AvgIpc) is 2.25. The number of rotatable bonds is 4. The molecule has 5 heteroatoms. The molecule has 1 unspecified atom stereocenters. The van der Waals surface area contributed by atoms with Crippen molar-refractivity contribution in [3.63, 3.8) is 0 Å². The lowest BCUT2D eigenvalue weighted by Gasteiger charge is -2.12. The van der Waals surface area contributed by atoms with Crippen LogP contribution in [0.15, 0.2) is 18.2 Å². The molecular weight excluding hydrogens is 249 g/mol. The minimum Gasteiger partial charge on any atom is -0.396 e. The maximum absolute atomic E-state index is 11.6. The number of aliphatic hydroxyl groups excluding tert-OH is 1. The molecule has 0 fully saturated rings. The zero-order valence-electron chi connectivity index (χ0n) is 8.84. The van der Waals surface area contributed by atoms with Crippen molar-refractivity contribution in [3.8, 4) is 0 Å². The van der Waals surface area contributed by atoms with Gasteiger partial charge in [-0.3, -0.25) is 4.79 Å². The first-order valence-corrected chi connectivity index (χ1v) is 5.70. The lowest BCUT2D eigenvalue weighted by molar-refractivity contribution is -0.121. The van der Waals surface area contributed by atoms with E-state index >= 15 is 0 Å². The van der Waals surface area contributed by atoms with Crippen LogP contribution in [0.25, 0.3) is 0 Å². The van der Waals surface area contributed by atoms with Crippen LogP contribution < -0.4 is 5.32 Å². The highest BCUT2D eigenvalue weighted by molar-refractivity contribution is 6.42. The highest BCUT2D eigenvalue weighted by atomic mass is 35.5. The molecule has 2 N–H and O–H groups in total. The largest absolute Gasteiger partial charge is 0.396 e. The van der Waals surface area contributed by atoms with Crippen molar-refractivity contribution in [1.82, 2.24) is 0 Å². The first-order valence-electron chi connectivity index (χ1n) is 4.95. The quantitative estimate of drug-likeness (QED) is 0.876. The number of hydrogen-bond donors (Lipinski definition) is 2. The molecule has 1 aromatic rings. The Bertz CT molecular complexity index is 378. The molecule has 1 amide bonds. The van der Waals surface area contributed by atoms with Crippen molar-refractivity contribution in [1.29, 1.82) is 0 Å². The number of carbonyl (C=O) groups is 1. The smallest absolute Gasteiger partial charge is 0.229 e. The van der Waals surface area contributed by atoms with Gasteiger partial charge in [-0.05, 0) is 24.6 Å². The standard InChI is InChI=1S/C11H13Cl2NO2/c1-2-7(6-15)11(16)14-8-3-4-9(12)10(13)5-8/h3-5,7,15H,2,6H2,1H3,(H,14,16). The normalized spacial score (nSPS) is 12.2. The number of amides is 1. The summed E-state index contributed by atoms with van der Waals surface area (Å²) in [5.41, 5.74) is 0.575. The van der Waals surface area contributed by atoms with E-state index in [1.807, 2.05) is 6.92 Å². The third-order valence-corrected chi connectivity index (χ3v) is 3.01. The number of hydrogen-bond acceptors (Lipinski definition) is 2. The molecule has 1 rings (SSSR count). The topological polar surface area (TPSA) is 49.3 Å². The van der Waals surface area contributed by atoms with E-state index in [1.54, 1.807) is 18.2 Å². The SMILES string of the molecule is CCC(CO)C(=O)Nc1ccc(Cl)c(Cl)c1. The van der Waals surface area contributed by atoms with Crippen molar-refractivity contribution in [3.05, 3.63) is 28.2 Å². The summed E-state index contributed by atoms with van der Waals surface area (Å²) in [4.78, 5) is 11.6. The molecule has 88 valence electrons. The second-order valence-corrected chi connectivity index (χ2v) is 4.22. The number of anilines is 1. The lowest BCUT2D eigenvalue weighted by atomic mass is 10.1. The van der Waals surface area contributed by atoms with Gasteiger partial charge in [0.15, 0.2) is 0 Å². The summed E-state index contributed by atoms with van der Waals surface area (Å²) in [6, 6.07) is 4.85. The monoisotopic (exact) mass is 261 g/mol. The van der Waals surface area contributed by atoms with Gasteiger partial charge in [0.1, 0.15) is 0 Å². The lowest BCUT2D eigenvalue weighted by Crippen LogP contribution is -2.24. The molecule has 0 bridgehead atoms. The molecule has 3 nitrogen and oxygen atoms in total. The van der Waals surface area contributed by atoms with E-state index in [1.165, 1.54) is 0 Å². The zero-order valence-corrected chi connectivity index (χ0v) is 10.3. The van der Waals surface area contributed by atoms with Crippen LogP contribution in [0.3, 0.4) is 0 Å². The fourth-order valence-corrected chi connectivity index (χ4v) is 1.51. The Kier molecular flexibility index (Phi) is 5.06. The number of aliphatic hydroxyl groups is 1. The third-order valence-electron chi connectivity index (χ3n) is 2.27. The van der Waals surface area contributed by atoms with Crippen LogP contribution in [0.5, 0.6) is 0 Å². The molecule has 0 heterocycles. The molecule has 0 saturated carbocycles. The van der Waals surface area contributed by atoms with Gasteiger partial charge < -0.3 is 10.4 Å². The van der Waals surface area contributed by atoms with E-state index in [2.05, 4.69) is 5.32 Å². The Balaban J connectivity index is 2.73. The van der Waals surface area contributed by atoms with Gasteiger partial charge in [0.05, 0.1) is 22.6 Å². The maximum Gasteiger partial charge on any atom is 0.229 e. The Hall–Kier alpha value is -0.770. The summed E-state index contributed by atoms with van der Waals surface area (Å²) in [7, 11) is 0. The van der Waals surface area contributed by atoms with Crippen LogP contribution in [0.2, 0.25) is 10.0 Å². The molecule has 0 spiro atoms. The van der Waals surface area contributed by atoms with Gasteiger partial charge in [-0.15, -0.1) is 0 Å². The van der Waals surface area contributed by atoms with Crippen molar-refractivity contribution < 1.29 is 9.90 Å². The van der Waals surface area contributed by atoms with Gasteiger partial charge in [0.25, 0.3) is 0 Å². The summed E-state index contributed by atoms with van der Waals surface area (Å²) in [5, 5.41) is 12.5. The predicted molar refractivity (Wildman–Crippen MR) is 66.0 cm³/mol. The van der Waals surface area contributed by atoms with E-state index in [0.29, 0.717) is 22.2 Å². The molecule has 0 aliphatic carbocycles. The maximum atomic E-state index is 11.6. The van der Waals surface area contributed by atoms with Crippen molar-refractivity contribution in [2.75, 3.05) is 11.9 Å². The first kappa shape index (κ1) is 13.3. The second-order valence-electron chi connectivity index (χ2n) is 3.41. The Morgan fingerprint density at radius 3 is 2.62 bits per heavy atom. The Labute approximate surface area is 104 Å². The summed E-state index contributed by atoms with van der Waals surface area (Å²) in [6.45, 7) is 1.68. The van der Waals surface area contributed by atoms with E-state index in [0.717, 1.165) is 0 Å². The number of halogens is 2. The third kappa shape index (κ3) is 3.37. The highest BCUT2D eigenvalue weighted by Crippen LogP contribution is 2.25. The average molecular weight is 262 g/mol. The van der Waals surface area contributed by atoms with Crippen LogP contribution in [0, 0.1) is 5.92 Å². The first-order chi connectivity index (χ1) is 7.58. The van der Waals surface area contributed by atoms with E-state index in [9.17, 15) is 4.79 Å². The van der Waals surface area contributed by atoms with Crippen LogP contribution in [0.4, 0.5) is 5.69 Å². The van der Waals surface area contributed by atoms with Crippen LogP contribution in [-0.4, -0.2) is 17.6 Å². The molecule has 0 aromatic heterocycles. The molecule has 1 aromatic carbocycles. The fourth-order valence-electron chi connectivity index (χ4n) is 1.22. The van der Waals surface area contributed by atoms with Gasteiger partial charge in [-0.2, -0.15) is 0 Å². The van der Waals surface area contributed by atoms with Gasteiger partial charge in [0, 0.05) is 5.69 Å². The number of benzene rings is 1. The van der Waals surface area contributed by atoms with Crippen LogP contribution in [0.1, 0.15) is 13.3 Å². The Morgan fingerprint density at radius 1 is 1.44 bits per heavy atom. The molecule has 16 heavy (non-hydrogen) atoms. The fraction of sp³-hybridized carbons (Fsp3) is 0.364. The van der Waals surface area contributed by atoms with Crippen molar-refractivity contribution >= 4 is 34.8 Å². The Morgan fingerprint density at radius 2 is 2.12 bits per heavy atom. The van der Waals surface area contributed by atoms with Gasteiger partial charge in [-0.25, -0.2) is 0 Å². The summed E-state index contributed by atoms with van der Waals surface area (Å²) < 4.78 is 0. The summed E-state index contributed by atoms with van der Waals surface area (Å²) in [5.74, 6) is -0.613. The van der Waals surface area contributed by atoms with Gasteiger partial charge in [-0.1, -0.05) is 30.1 Å². The second kappa shape index (κ2) is 6.09. The van der Waals surface area contributed by atoms with Gasteiger partial charge in [0.2, 0.25) is 5.91 Å². The number of carbonyl (C=O) groups excluding carboxylic acids is 1. The minimum atomic E-state index is -0.394. The molecular formula is C11H13Cl2NO2. The summed E-state index contributed by atoms with van der Waals surface area (Å²) in [6.07, 6.45) is 0.587.